The number of aromatic carboxylic acids is 1. The Morgan fingerprint density at radius 3 is 2.63 bits per heavy atom. The number of nitrogens with zero attached hydrogens (tertiary/aromatic N) is 1. The van der Waals surface area contributed by atoms with Gasteiger partial charge in [-0.25, -0.2) is 9.78 Å². The number of aromatic nitrogens is 1. The van der Waals surface area contributed by atoms with Crippen LogP contribution in [0.3, 0.4) is 0 Å². The molecule has 0 aliphatic heterocycles. The summed E-state index contributed by atoms with van der Waals surface area (Å²) in [6, 6.07) is 7.18. The van der Waals surface area contributed by atoms with Crippen LogP contribution < -0.4 is 4.74 Å². The summed E-state index contributed by atoms with van der Waals surface area (Å²) in [5.74, 6) is -0.318. The van der Waals surface area contributed by atoms with Crippen LogP contribution in [0.4, 0.5) is 0 Å². The van der Waals surface area contributed by atoms with Crippen molar-refractivity contribution in [3.63, 3.8) is 0 Å². The summed E-state index contributed by atoms with van der Waals surface area (Å²) in [4.78, 5) is 14.9. The zero-order valence-corrected chi connectivity index (χ0v) is 12.1. The maximum absolute atomic E-state index is 11.1. The molecular weight excluding hydrogens is 310 g/mol. The lowest BCUT2D eigenvalue weighted by Crippen LogP contribution is -2.03. The molecule has 0 atom stereocenters. The second-order valence-corrected chi connectivity index (χ2v) is 5.07. The van der Waals surface area contributed by atoms with Gasteiger partial charge in [0.2, 0.25) is 0 Å². The van der Waals surface area contributed by atoms with E-state index in [0.29, 0.717) is 10.2 Å². The van der Waals surface area contributed by atoms with Crippen LogP contribution in [0.15, 0.2) is 34.9 Å². The van der Waals surface area contributed by atoms with Crippen molar-refractivity contribution in [3.05, 3.63) is 51.8 Å². The molecule has 19 heavy (non-hydrogen) atoms. The van der Waals surface area contributed by atoms with E-state index in [0.717, 1.165) is 11.1 Å². The molecule has 1 aromatic carbocycles. The van der Waals surface area contributed by atoms with Gasteiger partial charge >= 0.3 is 5.97 Å². The first-order chi connectivity index (χ1) is 8.97. The summed E-state index contributed by atoms with van der Waals surface area (Å²) >= 11 is 3.25. The molecule has 5 heteroatoms. The number of ether oxygens (including phenoxy) is 1. The van der Waals surface area contributed by atoms with Crippen molar-refractivity contribution >= 4 is 21.9 Å². The minimum Gasteiger partial charge on any atom is -0.476 e. The van der Waals surface area contributed by atoms with E-state index in [-0.39, 0.29) is 11.4 Å². The van der Waals surface area contributed by atoms with Gasteiger partial charge in [-0.2, -0.15) is 0 Å². The zero-order chi connectivity index (χ0) is 14.0. The molecule has 0 bridgehead atoms. The standard InChI is InChI=1S/C14H12BrNO3/c1-8-3-4-11(5-9(8)2)19-12-6-10(15)7-16-13(12)14(17)18/h3-7H,1-2H3,(H,17,18). The molecule has 0 aliphatic rings. The molecule has 0 saturated carbocycles. The third-order valence-electron chi connectivity index (χ3n) is 2.73. The van der Waals surface area contributed by atoms with Crippen LogP contribution in [0.2, 0.25) is 0 Å². The Labute approximate surface area is 119 Å². The average Bonchev–Trinajstić information content (AvgIpc) is 2.33. The molecule has 98 valence electrons. The third-order valence-corrected chi connectivity index (χ3v) is 3.16. The van der Waals surface area contributed by atoms with E-state index in [2.05, 4.69) is 20.9 Å². The molecule has 0 spiro atoms. The van der Waals surface area contributed by atoms with Gasteiger partial charge in [-0.15, -0.1) is 0 Å². The molecule has 2 rings (SSSR count). The number of halogens is 1. The number of carboxylic acid groups (broad SMARTS) is 1. The van der Waals surface area contributed by atoms with Gasteiger partial charge in [-0.1, -0.05) is 6.07 Å². The van der Waals surface area contributed by atoms with Crippen molar-refractivity contribution in [1.82, 2.24) is 4.98 Å². The number of aryl methyl sites for hydroxylation is 2. The number of carboxylic acids is 1. The van der Waals surface area contributed by atoms with Crippen LogP contribution in [0.25, 0.3) is 0 Å². The smallest absolute Gasteiger partial charge is 0.358 e. The Kier molecular flexibility index (Phi) is 3.85. The Bertz CT molecular complexity index is 641. The fourth-order valence-electron chi connectivity index (χ4n) is 1.56. The van der Waals surface area contributed by atoms with Crippen molar-refractivity contribution in [2.75, 3.05) is 0 Å². The van der Waals surface area contributed by atoms with E-state index in [1.165, 1.54) is 6.20 Å². The van der Waals surface area contributed by atoms with Gasteiger partial charge < -0.3 is 9.84 Å². The normalized spacial score (nSPS) is 10.3. The van der Waals surface area contributed by atoms with Crippen molar-refractivity contribution in [1.29, 1.82) is 0 Å². The first-order valence-electron chi connectivity index (χ1n) is 5.61. The lowest BCUT2D eigenvalue weighted by atomic mass is 10.1. The highest BCUT2D eigenvalue weighted by atomic mass is 79.9. The number of carbonyl (C=O) groups is 1. The predicted molar refractivity (Wildman–Crippen MR) is 74.9 cm³/mol. The monoisotopic (exact) mass is 321 g/mol. The van der Waals surface area contributed by atoms with Crippen molar-refractivity contribution < 1.29 is 14.6 Å². The van der Waals surface area contributed by atoms with E-state index in [1.54, 1.807) is 12.1 Å². The summed E-state index contributed by atoms with van der Waals surface area (Å²) in [6.07, 6.45) is 1.43. The van der Waals surface area contributed by atoms with Gasteiger partial charge in [0.25, 0.3) is 0 Å². The van der Waals surface area contributed by atoms with E-state index < -0.39 is 5.97 Å². The van der Waals surface area contributed by atoms with Gasteiger partial charge in [-0.3, -0.25) is 0 Å². The SMILES string of the molecule is Cc1ccc(Oc2cc(Br)cnc2C(=O)O)cc1C. The van der Waals surface area contributed by atoms with Gasteiger partial charge in [0.15, 0.2) is 11.4 Å². The Hall–Kier alpha value is -1.88. The third kappa shape index (κ3) is 3.12. The van der Waals surface area contributed by atoms with Crippen LogP contribution >= 0.6 is 15.9 Å². The Balaban J connectivity index is 2.39. The van der Waals surface area contributed by atoms with E-state index in [9.17, 15) is 4.79 Å². The van der Waals surface area contributed by atoms with Gasteiger partial charge in [0.1, 0.15) is 5.75 Å². The Morgan fingerprint density at radius 1 is 1.26 bits per heavy atom. The molecule has 4 nitrogen and oxygen atoms in total. The summed E-state index contributed by atoms with van der Waals surface area (Å²) in [7, 11) is 0. The predicted octanol–water partition coefficient (Wildman–Crippen LogP) is 3.95. The van der Waals surface area contributed by atoms with E-state index in [1.807, 2.05) is 26.0 Å². The minimum absolute atomic E-state index is 0.110. The second kappa shape index (κ2) is 5.40. The second-order valence-electron chi connectivity index (χ2n) is 4.15. The molecule has 0 amide bonds. The first-order valence-corrected chi connectivity index (χ1v) is 6.40. The fourth-order valence-corrected chi connectivity index (χ4v) is 1.87. The highest BCUT2D eigenvalue weighted by Gasteiger charge is 2.14. The lowest BCUT2D eigenvalue weighted by molar-refractivity contribution is 0.0687. The van der Waals surface area contributed by atoms with E-state index in [4.69, 9.17) is 9.84 Å². The molecule has 0 unspecified atom stereocenters. The highest BCUT2D eigenvalue weighted by Crippen LogP contribution is 2.28. The highest BCUT2D eigenvalue weighted by molar-refractivity contribution is 9.10. The molecule has 0 radical (unpaired) electrons. The summed E-state index contributed by atoms with van der Waals surface area (Å²) in [6.45, 7) is 3.97. The maximum atomic E-state index is 11.1. The molecule has 2 aromatic rings. The van der Waals surface area contributed by atoms with Crippen LogP contribution in [0.5, 0.6) is 11.5 Å². The Morgan fingerprint density at radius 2 is 2.00 bits per heavy atom. The average molecular weight is 322 g/mol. The molecule has 1 heterocycles. The minimum atomic E-state index is -1.12. The quantitative estimate of drug-likeness (QED) is 0.929. The first kappa shape index (κ1) is 13.5. The maximum Gasteiger partial charge on any atom is 0.358 e. The molecular formula is C14H12BrNO3. The molecule has 1 aromatic heterocycles. The largest absolute Gasteiger partial charge is 0.476 e. The number of benzene rings is 1. The van der Waals surface area contributed by atoms with Crippen LogP contribution in [-0.4, -0.2) is 16.1 Å². The molecule has 0 aliphatic carbocycles. The fraction of sp³-hybridized carbons (Fsp3) is 0.143. The van der Waals surface area contributed by atoms with Crippen molar-refractivity contribution in [2.24, 2.45) is 0 Å². The summed E-state index contributed by atoms with van der Waals surface area (Å²) < 4.78 is 6.28. The van der Waals surface area contributed by atoms with Gasteiger partial charge in [0, 0.05) is 10.7 Å². The van der Waals surface area contributed by atoms with Crippen molar-refractivity contribution in [3.8, 4) is 11.5 Å². The summed E-state index contributed by atoms with van der Waals surface area (Å²) in [5, 5.41) is 9.08. The van der Waals surface area contributed by atoms with Gasteiger partial charge in [0.05, 0.1) is 0 Å². The van der Waals surface area contributed by atoms with Crippen molar-refractivity contribution in [2.45, 2.75) is 13.8 Å². The number of hydrogen-bond donors (Lipinski definition) is 1. The zero-order valence-electron chi connectivity index (χ0n) is 10.5. The topological polar surface area (TPSA) is 59.4 Å². The van der Waals surface area contributed by atoms with E-state index >= 15 is 0 Å². The number of hydrogen-bond acceptors (Lipinski definition) is 3. The van der Waals surface area contributed by atoms with Crippen LogP contribution in [0, 0.1) is 13.8 Å². The van der Waals surface area contributed by atoms with Crippen LogP contribution in [-0.2, 0) is 0 Å². The summed E-state index contributed by atoms with van der Waals surface area (Å²) in [5.41, 5.74) is 2.12. The van der Waals surface area contributed by atoms with Crippen LogP contribution in [0.1, 0.15) is 21.6 Å². The molecule has 0 fully saturated rings. The number of pyridine rings is 1. The molecule has 1 N–H and O–H groups in total. The number of rotatable bonds is 3. The van der Waals surface area contributed by atoms with Gasteiger partial charge in [-0.05, 0) is 59.1 Å². The molecule has 0 saturated heterocycles. The lowest BCUT2D eigenvalue weighted by Gasteiger charge is -2.10.